The number of anilines is 1. The Morgan fingerprint density at radius 1 is 1.26 bits per heavy atom. The van der Waals surface area contributed by atoms with Crippen LogP contribution in [0.3, 0.4) is 0 Å². The van der Waals surface area contributed by atoms with Gasteiger partial charge in [-0.1, -0.05) is 23.7 Å². The highest BCUT2D eigenvalue weighted by Crippen LogP contribution is 2.61. The molecule has 5 nitrogen and oxygen atoms in total. The molecule has 0 spiro atoms. The lowest BCUT2D eigenvalue weighted by atomic mass is 9.48. The Balaban J connectivity index is 1.44. The molecule has 0 radical (unpaired) electrons. The van der Waals surface area contributed by atoms with E-state index in [-0.39, 0.29) is 23.0 Å². The molecule has 4 aliphatic rings. The lowest BCUT2D eigenvalue weighted by Crippen LogP contribution is -2.58. The zero-order valence-corrected chi connectivity index (χ0v) is 16.6. The van der Waals surface area contributed by atoms with Gasteiger partial charge in [-0.3, -0.25) is 4.79 Å². The van der Waals surface area contributed by atoms with Gasteiger partial charge in [-0.05, 0) is 68.6 Å². The summed E-state index contributed by atoms with van der Waals surface area (Å²) in [5, 5.41) is 7.71. The molecule has 1 N–H and O–H groups in total. The van der Waals surface area contributed by atoms with Crippen molar-refractivity contribution in [1.82, 2.24) is 5.16 Å². The minimum absolute atomic E-state index is 0.0724. The standard InChI is InChI=1S/C22H30N2O3/c1-13(25)26-16-6-8-21(2)15(11-16)4-5-17-18(21)7-9-22(3)19(17)10-14-12-23-27-20(14)24-22/h4,12,16-19,24H,5-11H2,1-3H3/t16-,17+,18-,19-,21-,22-/m0/s1. The molecule has 0 amide bonds. The fraction of sp³-hybridized carbons (Fsp3) is 0.727. The van der Waals surface area contributed by atoms with Gasteiger partial charge in [0, 0.05) is 24.4 Å². The van der Waals surface area contributed by atoms with Gasteiger partial charge in [-0.25, -0.2) is 0 Å². The number of allylic oxidation sites excluding steroid dienone is 1. The molecule has 0 unspecified atom stereocenters. The minimum atomic E-state index is -0.149. The Labute approximate surface area is 160 Å². The fourth-order valence-corrected chi connectivity index (χ4v) is 6.82. The summed E-state index contributed by atoms with van der Waals surface area (Å²) >= 11 is 0. The monoisotopic (exact) mass is 370 g/mol. The van der Waals surface area contributed by atoms with E-state index in [1.165, 1.54) is 25.3 Å². The number of esters is 1. The SMILES string of the molecule is CC(=O)O[C@H]1CC[C@@]2(C)C(=CC[C@@H]3[C@@H]2CC[C@]2(C)Nc4oncc4C[C@@H]32)C1. The first-order valence-electron chi connectivity index (χ1n) is 10.5. The first-order valence-corrected chi connectivity index (χ1v) is 10.5. The smallest absolute Gasteiger partial charge is 0.302 e. The van der Waals surface area contributed by atoms with Gasteiger partial charge in [0.05, 0.1) is 6.20 Å². The number of rotatable bonds is 1. The van der Waals surface area contributed by atoms with Gasteiger partial charge < -0.3 is 14.6 Å². The van der Waals surface area contributed by atoms with Crippen LogP contribution in [0.4, 0.5) is 5.88 Å². The van der Waals surface area contributed by atoms with Crippen LogP contribution < -0.4 is 5.32 Å². The summed E-state index contributed by atoms with van der Waals surface area (Å²) in [5.41, 5.74) is 3.14. The molecular formula is C22H30N2O3. The van der Waals surface area contributed by atoms with Crippen LogP contribution in [0.5, 0.6) is 0 Å². The second-order valence-corrected chi connectivity index (χ2v) is 9.70. The van der Waals surface area contributed by atoms with Crippen molar-refractivity contribution in [2.24, 2.45) is 23.2 Å². The fourth-order valence-electron chi connectivity index (χ4n) is 6.82. The predicted molar refractivity (Wildman–Crippen MR) is 102 cm³/mol. The molecule has 1 aliphatic heterocycles. The van der Waals surface area contributed by atoms with Gasteiger partial charge >= 0.3 is 5.97 Å². The summed E-state index contributed by atoms with van der Waals surface area (Å²) in [4.78, 5) is 11.4. The summed E-state index contributed by atoms with van der Waals surface area (Å²) in [7, 11) is 0. The summed E-state index contributed by atoms with van der Waals surface area (Å²) in [5.74, 6) is 2.76. The highest BCUT2D eigenvalue weighted by molar-refractivity contribution is 5.66. The summed E-state index contributed by atoms with van der Waals surface area (Å²) in [6.07, 6.45) is 12.1. The number of aromatic nitrogens is 1. The van der Waals surface area contributed by atoms with E-state index in [1.807, 2.05) is 6.20 Å². The number of ether oxygens (including phenoxy) is 1. The third kappa shape index (κ3) is 2.57. The molecule has 0 aromatic carbocycles. The number of nitrogens with one attached hydrogen (secondary N) is 1. The molecular weight excluding hydrogens is 340 g/mol. The van der Waals surface area contributed by atoms with Crippen LogP contribution in [0.15, 0.2) is 22.4 Å². The van der Waals surface area contributed by atoms with Crippen LogP contribution in [-0.2, 0) is 16.0 Å². The molecule has 3 aliphatic carbocycles. The number of carbonyl (C=O) groups excluding carboxylic acids is 1. The lowest BCUT2D eigenvalue weighted by Gasteiger charge is -2.59. The van der Waals surface area contributed by atoms with E-state index in [9.17, 15) is 4.79 Å². The van der Waals surface area contributed by atoms with Crippen LogP contribution in [0, 0.1) is 23.2 Å². The summed E-state index contributed by atoms with van der Waals surface area (Å²) < 4.78 is 11.0. The first kappa shape index (κ1) is 17.3. The molecule has 6 atom stereocenters. The van der Waals surface area contributed by atoms with Crippen LogP contribution in [0.2, 0.25) is 0 Å². The van der Waals surface area contributed by atoms with E-state index in [0.29, 0.717) is 11.8 Å². The van der Waals surface area contributed by atoms with Crippen molar-refractivity contribution < 1.29 is 14.1 Å². The Morgan fingerprint density at radius 2 is 2.11 bits per heavy atom. The van der Waals surface area contributed by atoms with Gasteiger partial charge in [0.15, 0.2) is 0 Å². The van der Waals surface area contributed by atoms with Crippen molar-refractivity contribution in [1.29, 1.82) is 0 Å². The van der Waals surface area contributed by atoms with Gasteiger partial charge in [0.25, 0.3) is 0 Å². The third-order valence-corrected chi connectivity index (χ3v) is 8.26. The first-order chi connectivity index (χ1) is 12.9. The second kappa shape index (κ2) is 5.86. The molecule has 0 saturated heterocycles. The zero-order valence-electron chi connectivity index (χ0n) is 16.6. The molecule has 1 aromatic rings. The van der Waals surface area contributed by atoms with E-state index >= 15 is 0 Å². The Morgan fingerprint density at radius 3 is 2.93 bits per heavy atom. The van der Waals surface area contributed by atoms with Crippen molar-refractivity contribution in [2.45, 2.75) is 77.4 Å². The van der Waals surface area contributed by atoms with E-state index in [4.69, 9.17) is 9.26 Å². The molecule has 146 valence electrons. The van der Waals surface area contributed by atoms with Gasteiger partial charge in [0.2, 0.25) is 5.88 Å². The number of carbonyl (C=O) groups is 1. The number of fused-ring (bicyclic) bond motifs is 6. The van der Waals surface area contributed by atoms with E-state index in [1.54, 1.807) is 5.57 Å². The van der Waals surface area contributed by atoms with Gasteiger partial charge in [-0.2, -0.15) is 0 Å². The molecule has 2 saturated carbocycles. The molecule has 5 heteroatoms. The largest absolute Gasteiger partial charge is 0.462 e. The maximum absolute atomic E-state index is 11.4. The highest BCUT2D eigenvalue weighted by atomic mass is 16.5. The normalized spacial score (nSPS) is 42.6. The average molecular weight is 370 g/mol. The van der Waals surface area contributed by atoms with Crippen molar-refractivity contribution in [3.63, 3.8) is 0 Å². The summed E-state index contributed by atoms with van der Waals surface area (Å²) in [6.45, 7) is 6.37. The Hall–Kier alpha value is -1.78. The van der Waals surface area contributed by atoms with Crippen LogP contribution >= 0.6 is 0 Å². The maximum atomic E-state index is 11.4. The van der Waals surface area contributed by atoms with Crippen LogP contribution in [-0.4, -0.2) is 22.8 Å². The molecule has 27 heavy (non-hydrogen) atoms. The van der Waals surface area contributed by atoms with Crippen molar-refractivity contribution in [2.75, 3.05) is 5.32 Å². The van der Waals surface area contributed by atoms with Crippen molar-refractivity contribution in [3.8, 4) is 0 Å². The molecule has 2 heterocycles. The van der Waals surface area contributed by atoms with E-state index in [0.717, 1.165) is 43.9 Å². The van der Waals surface area contributed by atoms with E-state index in [2.05, 4.69) is 30.4 Å². The average Bonchev–Trinajstić information content (AvgIpc) is 3.05. The minimum Gasteiger partial charge on any atom is -0.462 e. The Kier molecular flexibility index (Phi) is 3.76. The van der Waals surface area contributed by atoms with Crippen LogP contribution in [0.25, 0.3) is 0 Å². The molecule has 2 fully saturated rings. The highest BCUT2D eigenvalue weighted by Gasteiger charge is 2.56. The predicted octanol–water partition coefficient (Wildman–Crippen LogP) is 4.50. The zero-order chi connectivity index (χ0) is 18.8. The summed E-state index contributed by atoms with van der Waals surface area (Å²) in [6, 6.07) is 0. The van der Waals surface area contributed by atoms with Crippen molar-refractivity contribution >= 4 is 11.9 Å². The van der Waals surface area contributed by atoms with Crippen LogP contribution in [0.1, 0.15) is 64.9 Å². The topological polar surface area (TPSA) is 64.4 Å². The van der Waals surface area contributed by atoms with E-state index < -0.39 is 0 Å². The van der Waals surface area contributed by atoms with Crippen molar-refractivity contribution in [3.05, 3.63) is 23.4 Å². The van der Waals surface area contributed by atoms with Gasteiger partial charge in [0.1, 0.15) is 6.10 Å². The molecule has 1 aromatic heterocycles. The molecule has 0 bridgehead atoms. The maximum Gasteiger partial charge on any atom is 0.302 e. The number of nitrogens with zero attached hydrogens (tertiary/aromatic N) is 1. The second-order valence-electron chi connectivity index (χ2n) is 9.70. The molecule has 5 rings (SSSR count). The quantitative estimate of drug-likeness (QED) is 0.583. The third-order valence-electron chi connectivity index (χ3n) is 8.26. The lowest BCUT2D eigenvalue weighted by molar-refractivity contribution is -0.148. The van der Waals surface area contributed by atoms with Gasteiger partial charge in [-0.15, -0.1) is 0 Å². The number of hydrogen-bond donors (Lipinski definition) is 1. The number of hydrogen-bond acceptors (Lipinski definition) is 5. The Bertz CT molecular complexity index is 799.